The summed E-state index contributed by atoms with van der Waals surface area (Å²) in [6.45, 7) is 2.42. The van der Waals surface area contributed by atoms with Gasteiger partial charge >= 0.3 is 0 Å². The summed E-state index contributed by atoms with van der Waals surface area (Å²) in [6.07, 6.45) is 2.26. The van der Waals surface area contributed by atoms with E-state index in [1.165, 1.54) is 11.2 Å². The molecule has 2 aliphatic heterocycles. The minimum absolute atomic E-state index is 0.0266. The lowest BCUT2D eigenvalue weighted by Crippen LogP contribution is -2.29. The fourth-order valence-corrected chi connectivity index (χ4v) is 5.20. The number of hydrogen-bond acceptors (Lipinski definition) is 6. The molecule has 2 aliphatic rings. The van der Waals surface area contributed by atoms with Gasteiger partial charge in [0.2, 0.25) is 0 Å². The van der Waals surface area contributed by atoms with Crippen molar-refractivity contribution in [3.05, 3.63) is 125 Å². The van der Waals surface area contributed by atoms with Crippen LogP contribution in [-0.2, 0) is 29.2 Å². The third kappa shape index (κ3) is 4.79. The van der Waals surface area contributed by atoms with Crippen LogP contribution in [0.4, 0.5) is 0 Å². The Bertz CT molecular complexity index is 1560. The summed E-state index contributed by atoms with van der Waals surface area (Å²) in [6, 6.07) is 25.0. The predicted octanol–water partition coefficient (Wildman–Crippen LogP) is 5.80. The number of Topliss-reactive ketones (excluding diaryl/α,β-unsaturated/α-hetero) is 1. The Kier molecular flexibility index (Phi) is 6.40. The molecule has 7 heteroatoms. The van der Waals surface area contributed by atoms with Gasteiger partial charge < -0.3 is 23.9 Å². The normalized spacial score (nSPS) is 19.7. The summed E-state index contributed by atoms with van der Waals surface area (Å²) < 4.78 is 17.3. The number of amides is 1. The molecule has 1 N–H and O–H groups in total. The number of nitrogens with zero attached hydrogens (tertiary/aromatic N) is 1. The number of ether oxygens (including phenoxy) is 2. The standard InChI is InChI=1S/C32H27NO6/c1-20-15-24-16-23(12-13-27(24)39-20)30(34)28-29(33(32(36)31(28)35)18-26-11-6-14-37-26)22-9-5-10-25(17-22)38-19-21-7-3-2-4-8-21/h2-14,16-17,20,29,34H,15,18-19H2,1H3. The van der Waals surface area contributed by atoms with Crippen molar-refractivity contribution in [3.63, 3.8) is 0 Å². The Morgan fingerprint density at radius 2 is 1.85 bits per heavy atom. The molecular weight excluding hydrogens is 494 g/mol. The van der Waals surface area contributed by atoms with Crippen molar-refractivity contribution in [2.45, 2.75) is 38.6 Å². The highest BCUT2D eigenvalue weighted by atomic mass is 16.5. The van der Waals surface area contributed by atoms with Gasteiger partial charge in [-0.15, -0.1) is 0 Å². The van der Waals surface area contributed by atoms with E-state index in [-0.39, 0.29) is 24.0 Å². The zero-order valence-electron chi connectivity index (χ0n) is 21.4. The Balaban J connectivity index is 1.40. The van der Waals surface area contributed by atoms with E-state index in [2.05, 4.69) is 0 Å². The van der Waals surface area contributed by atoms with Crippen LogP contribution >= 0.6 is 0 Å². The Morgan fingerprint density at radius 3 is 2.64 bits per heavy atom. The van der Waals surface area contributed by atoms with Gasteiger partial charge in [-0.25, -0.2) is 0 Å². The maximum atomic E-state index is 13.4. The lowest BCUT2D eigenvalue weighted by atomic mass is 9.94. The summed E-state index contributed by atoms with van der Waals surface area (Å²) in [7, 11) is 0. The third-order valence-corrected chi connectivity index (χ3v) is 7.04. The predicted molar refractivity (Wildman–Crippen MR) is 144 cm³/mol. The van der Waals surface area contributed by atoms with Gasteiger partial charge in [-0.3, -0.25) is 9.59 Å². The molecule has 39 heavy (non-hydrogen) atoms. The molecule has 1 amide bonds. The summed E-state index contributed by atoms with van der Waals surface area (Å²) in [4.78, 5) is 28.2. The molecule has 1 saturated heterocycles. The summed E-state index contributed by atoms with van der Waals surface area (Å²) in [5.41, 5.74) is 3.10. The third-order valence-electron chi connectivity index (χ3n) is 7.04. The van der Waals surface area contributed by atoms with Crippen LogP contribution in [0.25, 0.3) is 5.76 Å². The second-order valence-electron chi connectivity index (χ2n) is 9.81. The number of ketones is 1. The second-order valence-corrected chi connectivity index (χ2v) is 9.81. The van der Waals surface area contributed by atoms with E-state index >= 15 is 0 Å². The van der Waals surface area contributed by atoms with E-state index in [0.29, 0.717) is 35.7 Å². The molecule has 7 nitrogen and oxygen atoms in total. The van der Waals surface area contributed by atoms with Crippen LogP contribution in [0.2, 0.25) is 0 Å². The SMILES string of the molecule is CC1Cc2cc(C(O)=C3C(=O)C(=O)N(Cc4ccco4)C3c3cccc(OCc4ccccc4)c3)ccc2O1. The van der Waals surface area contributed by atoms with Gasteiger partial charge in [0.25, 0.3) is 11.7 Å². The fourth-order valence-electron chi connectivity index (χ4n) is 5.20. The van der Waals surface area contributed by atoms with E-state index in [0.717, 1.165) is 16.9 Å². The maximum Gasteiger partial charge on any atom is 0.296 e. The van der Waals surface area contributed by atoms with Gasteiger partial charge in [0.15, 0.2) is 0 Å². The van der Waals surface area contributed by atoms with Gasteiger partial charge in [0.1, 0.15) is 35.7 Å². The molecule has 2 unspecified atom stereocenters. The molecule has 1 fully saturated rings. The number of fused-ring (bicyclic) bond motifs is 1. The molecule has 4 aromatic rings. The average Bonchev–Trinajstić information content (AvgIpc) is 3.66. The Hall–Kier alpha value is -4.78. The zero-order valence-corrected chi connectivity index (χ0v) is 21.4. The van der Waals surface area contributed by atoms with Crippen molar-refractivity contribution in [3.8, 4) is 11.5 Å². The van der Waals surface area contributed by atoms with Gasteiger partial charge in [-0.05, 0) is 66.1 Å². The number of hydrogen-bond donors (Lipinski definition) is 1. The second kappa shape index (κ2) is 10.2. The van der Waals surface area contributed by atoms with Gasteiger partial charge in [-0.1, -0.05) is 42.5 Å². The summed E-state index contributed by atoms with van der Waals surface area (Å²) >= 11 is 0. The molecular formula is C32H27NO6. The molecule has 0 saturated carbocycles. The van der Waals surface area contributed by atoms with Crippen LogP contribution in [0, 0.1) is 0 Å². The lowest BCUT2D eigenvalue weighted by molar-refractivity contribution is -0.140. The van der Waals surface area contributed by atoms with Crippen LogP contribution in [-0.4, -0.2) is 27.8 Å². The number of carbonyl (C=O) groups excluding carboxylic acids is 2. The van der Waals surface area contributed by atoms with Crippen molar-refractivity contribution in [2.24, 2.45) is 0 Å². The summed E-state index contributed by atoms with van der Waals surface area (Å²) in [5, 5.41) is 11.5. The van der Waals surface area contributed by atoms with E-state index in [1.807, 2.05) is 61.5 Å². The number of carbonyl (C=O) groups is 2. The van der Waals surface area contributed by atoms with E-state index in [1.54, 1.807) is 30.3 Å². The first-order valence-electron chi connectivity index (χ1n) is 12.9. The number of aliphatic hydroxyl groups is 1. The molecule has 1 aromatic heterocycles. The molecule has 2 atom stereocenters. The number of aliphatic hydroxyl groups excluding tert-OH is 1. The minimum Gasteiger partial charge on any atom is -0.507 e. The van der Waals surface area contributed by atoms with Crippen molar-refractivity contribution in [1.82, 2.24) is 4.90 Å². The number of benzene rings is 3. The first-order chi connectivity index (χ1) is 19.0. The quantitative estimate of drug-likeness (QED) is 0.188. The largest absolute Gasteiger partial charge is 0.507 e. The molecule has 0 bridgehead atoms. The summed E-state index contributed by atoms with van der Waals surface area (Å²) in [5.74, 6) is 0.206. The van der Waals surface area contributed by atoms with Gasteiger partial charge in [0.05, 0.1) is 24.4 Å². The molecule has 6 rings (SSSR count). The first kappa shape index (κ1) is 24.6. The monoisotopic (exact) mass is 521 g/mol. The fraction of sp³-hybridized carbons (Fsp3) is 0.188. The van der Waals surface area contributed by atoms with Crippen molar-refractivity contribution in [1.29, 1.82) is 0 Å². The highest BCUT2D eigenvalue weighted by molar-refractivity contribution is 6.46. The Labute approximate surface area is 225 Å². The van der Waals surface area contributed by atoms with Crippen LogP contribution in [0.3, 0.4) is 0 Å². The number of furan rings is 1. The lowest BCUT2D eigenvalue weighted by Gasteiger charge is -2.25. The van der Waals surface area contributed by atoms with Crippen molar-refractivity contribution >= 4 is 17.4 Å². The number of likely N-dealkylation sites (tertiary alicyclic amines) is 1. The molecule has 196 valence electrons. The Morgan fingerprint density at radius 1 is 1.00 bits per heavy atom. The first-order valence-corrected chi connectivity index (χ1v) is 12.9. The number of rotatable bonds is 7. The molecule has 3 aromatic carbocycles. The maximum absolute atomic E-state index is 13.4. The van der Waals surface area contributed by atoms with Crippen LogP contribution in [0.1, 0.15) is 41.0 Å². The van der Waals surface area contributed by atoms with Crippen molar-refractivity contribution < 1.29 is 28.6 Å². The van der Waals surface area contributed by atoms with Gasteiger partial charge in [0, 0.05) is 12.0 Å². The van der Waals surface area contributed by atoms with Crippen LogP contribution in [0.15, 0.2) is 101 Å². The molecule has 0 radical (unpaired) electrons. The highest BCUT2D eigenvalue weighted by Gasteiger charge is 2.46. The van der Waals surface area contributed by atoms with E-state index in [4.69, 9.17) is 13.9 Å². The highest BCUT2D eigenvalue weighted by Crippen LogP contribution is 2.42. The minimum atomic E-state index is -0.834. The molecule has 3 heterocycles. The zero-order chi connectivity index (χ0) is 26.9. The molecule has 0 spiro atoms. The van der Waals surface area contributed by atoms with E-state index in [9.17, 15) is 14.7 Å². The average molecular weight is 522 g/mol. The topological polar surface area (TPSA) is 89.2 Å². The van der Waals surface area contributed by atoms with E-state index < -0.39 is 17.7 Å². The smallest absolute Gasteiger partial charge is 0.296 e. The molecule has 0 aliphatic carbocycles. The van der Waals surface area contributed by atoms with Crippen LogP contribution in [0.5, 0.6) is 11.5 Å². The van der Waals surface area contributed by atoms with Crippen molar-refractivity contribution in [2.75, 3.05) is 0 Å². The van der Waals surface area contributed by atoms with Crippen LogP contribution < -0.4 is 9.47 Å². The van der Waals surface area contributed by atoms with Gasteiger partial charge in [-0.2, -0.15) is 0 Å².